The maximum absolute atomic E-state index is 12.3. The Morgan fingerprint density at radius 1 is 1.05 bits per heavy atom. The number of halogens is 3. The standard InChI is InChI=1S/C12H7F3N2O3/c13-12(14,15)7-1-3-8(4-2-7)20-10-6-5-9(11(18)19)16-17-10/h1-6H,(H,18,19). The van der Waals surface area contributed by atoms with Crippen LogP contribution in [0, 0.1) is 0 Å². The van der Waals surface area contributed by atoms with Gasteiger partial charge in [0.25, 0.3) is 0 Å². The molecule has 1 heterocycles. The normalized spacial score (nSPS) is 11.2. The minimum Gasteiger partial charge on any atom is -0.476 e. The number of benzene rings is 1. The van der Waals surface area contributed by atoms with E-state index in [1.807, 2.05) is 0 Å². The van der Waals surface area contributed by atoms with E-state index >= 15 is 0 Å². The summed E-state index contributed by atoms with van der Waals surface area (Å²) in [5.41, 5.74) is -1.05. The summed E-state index contributed by atoms with van der Waals surface area (Å²) in [6.45, 7) is 0. The van der Waals surface area contributed by atoms with Crippen molar-refractivity contribution in [3.63, 3.8) is 0 Å². The lowest BCUT2D eigenvalue weighted by Crippen LogP contribution is -2.04. The van der Waals surface area contributed by atoms with Crippen molar-refractivity contribution in [2.24, 2.45) is 0 Å². The smallest absolute Gasteiger partial charge is 0.416 e. The Bertz CT molecular complexity index is 609. The minimum absolute atomic E-state index is 0.0187. The third-order valence-electron chi connectivity index (χ3n) is 2.26. The van der Waals surface area contributed by atoms with E-state index in [0.717, 1.165) is 24.3 Å². The number of carboxylic acid groups (broad SMARTS) is 1. The predicted octanol–water partition coefficient (Wildman–Crippen LogP) is 2.99. The van der Waals surface area contributed by atoms with Gasteiger partial charge in [-0.25, -0.2) is 4.79 Å². The molecule has 5 nitrogen and oxygen atoms in total. The van der Waals surface area contributed by atoms with Crippen LogP contribution in [0.2, 0.25) is 0 Å². The number of alkyl halides is 3. The molecule has 0 saturated heterocycles. The van der Waals surface area contributed by atoms with E-state index in [1.54, 1.807) is 0 Å². The van der Waals surface area contributed by atoms with Gasteiger partial charge in [0.2, 0.25) is 5.88 Å². The number of hydrogen-bond donors (Lipinski definition) is 1. The molecule has 0 unspecified atom stereocenters. The van der Waals surface area contributed by atoms with Gasteiger partial charge in [0, 0.05) is 6.07 Å². The van der Waals surface area contributed by atoms with Crippen molar-refractivity contribution in [2.75, 3.05) is 0 Å². The van der Waals surface area contributed by atoms with Crippen molar-refractivity contribution in [2.45, 2.75) is 6.18 Å². The van der Waals surface area contributed by atoms with Crippen LogP contribution in [0.15, 0.2) is 36.4 Å². The quantitative estimate of drug-likeness (QED) is 0.938. The first kappa shape index (κ1) is 13.8. The number of ether oxygens (including phenoxy) is 1. The lowest BCUT2D eigenvalue weighted by Gasteiger charge is -2.08. The second-order valence-electron chi connectivity index (χ2n) is 3.69. The molecule has 0 amide bonds. The summed E-state index contributed by atoms with van der Waals surface area (Å²) in [7, 11) is 0. The Labute approximate surface area is 110 Å². The van der Waals surface area contributed by atoms with E-state index in [-0.39, 0.29) is 17.3 Å². The Morgan fingerprint density at radius 3 is 2.15 bits per heavy atom. The number of hydrogen-bond acceptors (Lipinski definition) is 4. The Kier molecular flexibility index (Phi) is 3.55. The zero-order valence-corrected chi connectivity index (χ0v) is 9.76. The van der Waals surface area contributed by atoms with Gasteiger partial charge < -0.3 is 9.84 Å². The van der Waals surface area contributed by atoms with Crippen LogP contribution in [-0.2, 0) is 6.18 Å². The number of rotatable bonds is 3. The SMILES string of the molecule is O=C(O)c1ccc(Oc2ccc(C(F)(F)F)cc2)nn1. The molecule has 1 N–H and O–H groups in total. The van der Waals surface area contributed by atoms with Gasteiger partial charge in [0.1, 0.15) is 5.75 Å². The fourth-order valence-electron chi connectivity index (χ4n) is 1.32. The highest BCUT2D eigenvalue weighted by Gasteiger charge is 2.30. The van der Waals surface area contributed by atoms with Crippen LogP contribution in [0.4, 0.5) is 13.2 Å². The minimum atomic E-state index is -4.42. The molecule has 0 aliphatic rings. The molecule has 8 heteroatoms. The highest BCUT2D eigenvalue weighted by atomic mass is 19.4. The van der Waals surface area contributed by atoms with E-state index in [2.05, 4.69) is 10.2 Å². The van der Waals surface area contributed by atoms with E-state index in [9.17, 15) is 18.0 Å². The first-order chi connectivity index (χ1) is 9.36. The third-order valence-corrected chi connectivity index (χ3v) is 2.26. The maximum Gasteiger partial charge on any atom is 0.416 e. The number of nitrogens with zero attached hydrogens (tertiary/aromatic N) is 2. The van der Waals surface area contributed by atoms with E-state index < -0.39 is 17.7 Å². The van der Waals surface area contributed by atoms with Gasteiger partial charge in [-0.15, -0.1) is 10.2 Å². The average molecular weight is 284 g/mol. The molecule has 1 aromatic carbocycles. The summed E-state index contributed by atoms with van der Waals surface area (Å²) in [4.78, 5) is 10.6. The summed E-state index contributed by atoms with van der Waals surface area (Å²) in [5.74, 6) is -1.12. The van der Waals surface area contributed by atoms with Crippen LogP contribution in [-0.4, -0.2) is 21.3 Å². The topological polar surface area (TPSA) is 72.3 Å². The molecule has 0 aliphatic heterocycles. The van der Waals surface area contributed by atoms with Crippen molar-refractivity contribution in [1.82, 2.24) is 10.2 Å². The third kappa shape index (κ3) is 3.22. The summed E-state index contributed by atoms with van der Waals surface area (Å²) >= 11 is 0. The van der Waals surface area contributed by atoms with Crippen molar-refractivity contribution in [3.8, 4) is 11.6 Å². The van der Waals surface area contributed by atoms with Crippen LogP contribution < -0.4 is 4.74 Å². The molecular formula is C12H7F3N2O3. The zero-order valence-electron chi connectivity index (χ0n) is 9.76. The fourth-order valence-corrected chi connectivity index (χ4v) is 1.32. The summed E-state index contributed by atoms with van der Waals surface area (Å²) in [5, 5.41) is 15.5. The Hall–Kier alpha value is -2.64. The van der Waals surface area contributed by atoms with Gasteiger partial charge >= 0.3 is 12.1 Å². The molecule has 0 spiro atoms. The number of aromatic nitrogens is 2. The molecule has 0 fully saturated rings. The van der Waals surface area contributed by atoms with Crippen molar-refractivity contribution >= 4 is 5.97 Å². The lowest BCUT2D eigenvalue weighted by atomic mass is 10.2. The summed E-state index contributed by atoms with van der Waals surface area (Å²) < 4.78 is 42.2. The fraction of sp³-hybridized carbons (Fsp3) is 0.0833. The maximum atomic E-state index is 12.3. The molecule has 20 heavy (non-hydrogen) atoms. The van der Waals surface area contributed by atoms with Crippen LogP contribution >= 0.6 is 0 Å². The molecule has 0 bridgehead atoms. The van der Waals surface area contributed by atoms with E-state index in [4.69, 9.17) is 9.84 Å². The van der Waals surface area contributed by atoms with Gasteiger partial charge in [0.15, 0.2) is 5.69 Å². The Balaban J connectivity index is 2.12. The van der Waals surface area contributed by atoms with Gasteiger partial charge in [-0.1, -0.05) is 0 Å². The first-order valence-electron chi connectivity index (χ1n) is 5.28. The molecule has 104 valence electrons. The largest absolute Gasteiger partial charge is 0.476 e. The Morgan fingerprint density at radius 2 is 1.70 bits per heavy atom. The van der Waals surface area contributed by atoms with Gasteiger partial charge in [0.05, 0.1) is 5.56 Å². The molecule has 0 saturated carbocycles. The van der Waals surface area contributed by atoms with Crippen molar-refractivity contribution in [1.29, 1.82) is 0 Å². The van der Waals surface area contributed by atoms with Gasteiger partial charge in [-0.05, 0) is 30.3 Å². The summed E-state index contributed by atoms with van der Waals surface area (Å²) in [6, 6.07) is 6.44. The average Bonchev–Trinajstić information content (AvgIpc) is 2.39. The van der Waals surface area contributed by atoms with Crippen molar-refractivity contribution in [3.05, 3.63) is 47.7 Å². The van der Waals surface area contributed by atoms with Crippen LogP contribution in [0.3, 0.4) is 0 Å². The second kappa shape index (κ2) is 5.16. The highest BCUT2D eigenvalue weighted by Crippen LogP contribution is 2.30. The predicted molar refractivity (Wildman–Crippen MR) is 60.5 cm³/mol. The molecule has 2 aromatic rings. The second-order valence-corrected chi connectivity index (χ2v) is 3.69. The monoisotopic (exact) mass is 284 g/mol. The van der Waals surface area contributed by atoms with Crippen LogP contribution in [0.5, 0.6) is 11.6 Å². The van der Waals surface area contributed by atoms with Gasteiger partial charge in [-0.2, -0.15) is 13.2 Å². The van der Waals surface area contributed by atoms with E-state index in [0.29, 0.717) is 0 Å². The molecule has 0 atom stereocenters. The van der Waals surface area contributed by atoms with Crippen LogP contribution in [0.1, 0.15) is 16.1 Å². The van der Waals surface area contributed by atoms with Gasteiger partial charge in [-0.3, -0.25) is 0 Å². The number of aromatic carboxylic acids is 1. The molecule has 0 aliphatic carbocycles. The molecule has 0 radical (unpaired) electrons. The van der Waals surface area contributed by atoms with E-state index in [1.165, 1.54) is 12.1 Å². The molecule has 1 aromatic heterocycles. The zero-order chi connectivity index (χ0) is 14.8. The lowest BCUT2D eigenvalue weighted by molar-refractivity contribution is -0.137. The molecular weight excluding hydrogens is 277 g/mol. The van der Waals surface area contributed by atoms with Crippen molar-refractivity contribution < 1.29 is 27.8 Å². The number of carbonyl (C=O) groups is 1. The highest BCUT2D eigenvalue weighted by molar-refractivity contribution is 5.84. The number of carboxylic acids is 1. The molecule has 2 rings (SSSR count). The van der Waals surface area contributed by atoms with Crippen LogP contribution in [0.25, 0.3) is 0 Å². The summed E-state index contributed by atoms with van der Waals surface area (Å²) in [6.07, 6.45) is -4.42. The first-order valence-corrected chi connectivity index (χ1v) is 5.28.